The van der Waals surface area contributed by atoms with Crippen LogP contribution < -0.4 is 5.32 Å². The van der Waals surface area contributed by atoms with Crippen LogP contribution in [0.5, 0.6) is 0 Å². The minimum atomic E-state index is 0.958. The Morgan fingerprint density at radius 3 is 2.36 bits per heavy atom. The average Bonchev–Trinajstić information content (AvgIpc) is 2.23. The number of hydrogen-bond donors (Lipinski definition) is 1. The zero-order valence-corrected chi connectivity index (χ0v) is 9.34. The van der Waals surface area contributed by atoms with E-state index in [2.05, 4.69) is 22.2 Å². The lowest BCUT2D eigenvalue weighted by molar-refractivity contribution is 0.127. The molecule has 2 aliphatic heterocycles. The van der Waals surface area contributed by atoms with E-state index in [0.717, 1.165) is 5.92 Å². The van der Waals surface area contributed by atoms with Gasteiger partial charge < -0.3 is 15.1 Å². The second-order valence-electron chi connectivity index (χ2n) is 4.80. The van der Waals surface area contributed by atoms with Crippen molar-refractivity contribution in [3.05, 3.63) is 0 Å². The lowest BCUT2D eigenvalue weighted by Crippen LogP contribution is -2.47. The third-order valence-electron chi connectivity index (χ3n) is 3.57. The van der Waals surface area contributed by atoms with Crippen LogP contribution in [-0.4, -0.2) is 62.7 Å². The van der Waals surface area contributed by atoms with Crippen LogP contribution in [-0.2, 0) is 0 Å². The molecule has 2 fully saturated rings. The summed E-state index contributed by atoms with van der Waals surface area (Å²) in [5, 5.41) is 3.43. The number of rotatable bonds is 2. The summed E-state index contributed by atoms with van der Waals surface area (Å²) in [6.07, 6.45) is 2.76. The maximum atomic E-state index is 3.43. The lowest BCUT2D eigenvalue weighted by Gasteiger charge is -2.35. The Labute approximate surface area is 87.4 Å². The van der Waals surface area contributed by atoms with E-state index in [-0.39, 0.29) is 0 Å². The van der Waals surface area contributed by atoms with E-state index in [1.165, 1.54) is 58.7 Å². The molecular weight excluding hydrogens is 174 g/mol. The first kappa shape index (κ1) is 10.4. The molecule has 3 nitrogen and oxygen atoms in total. The van der Waals surface area contributed by atoms with E-state index < -0.39 is 0 Å². The van der Waals surface area contributed by atoms with Crippen molar-refractivity contribution in [2.24, 2.45) is 5.92 Å². The van der Waals surface area contributed by atoms with Crippen LogP contribution in [0.3, 0.4) is 0 Å². The van der Waals surface area contributed by atoms with Gasteiger partial charge >= 0.3 is 0 Å². The molecule has 2 aliphatic rings. The molecule has 82 valence electrons. The molecule has 0 unspecified atom stereocenters. The van der Waals surface area contributed by atoms with Gasteiger partial charge in [0, 0.05) is 32.7 Å². The first-order chi connectivity index (χ1) is 6.84. The first-order valence-electron chi connectivity index (χ1n) is 5.96. The molecule has 0 atom stereocenters. The molecule has 3 heteroatoms. The quantitative estimate of drug-likeness (QED) is 0.684. The zero-order chi connectivity index (χ0) is 9.80. The fourth-order valence-corrected chi connectivity index (χ4v) is 2.46. The maximum absolute atomic E-state index is 3.43. The van der Waals surface area contributed by atoms with Gasteiger partial charge in [0.2, 0.25) is 0 Å². The fraction of sp³-hybridized carbons (Fsp3) is 1.00. The normalized spacial score (nSPS) is 28.1. The highest BCUT2D eigenvalue weighted by molar-refractivity contribution is 4.75. The molecule has 0 bridgehead atoms. The Balaban J connectivity index is 1.68. The molecule has 1 N–H and O–H groups in total. The molecule has 0 saturated carbocycles. The first-order valence-corrected chi connectivity index (χ1v) is 5.96. The minimum absolute atomic E-state index is 0.958. The summed E-state index contributed by atoms with van der Waals surface area (Å²) in [5.41, 5.74) is 0. The maximum Gasteiger partial charge on any atom is 0.0110 e. The molecule has 0 spiro atoms. The highest BCUT2D eigenvalue weighted by Crippen LogP contribution is 2.14. The minimum Gasteiger partial charge on any atom is -0.317 e. The Morgan fingerprint density at radius 1 is 1.07 bits per heavy atom. The largest absolute Gasteiger partial charge is 0.317 e. The van der Waals surface area contributed by atoms with Crippen molar-refractivity contribution in [1.82, 2.24) is 15.1 Å². The Morgan fingerprint density at radius 2 is 1.71 bits per heavy atom. The summed E-state index contributed by atoms with van der Waals surface area (Å²) in [4.78, 5) is 5.08. The monoisotopic (exact) mass is 197 g/mol. The van der Waals surface area contributed by atoms with Crippen LogP contribution in [0.4, 0.5) is 0 Å². The molecule has 14 heavy (non-hydrogen) atoms. The second-order valence-corrected chi connectivity index (χ2v) is 4.80. The molecule has 2 heterocycles. The molecular formula is C11H23N3. The predicted octanol–water partition coefficient (Wildman–Crippen LogP) is 0.233. The summed E-state index contributed by atoms with van der Waals surface area (Å²) in [7, 11) is 2.22. The molecule has 0 amide bonds. The van der Waals surface area contributed by atoms with Gasteiger partial charge in [-0.3, -0.25) is 0 Å². The van der Waals surface area contributed by atoms with E-state index in [4.69, 9.17) is 0 Å². The standard InChI is InChI=1S/C11H23N3/c1-13-6-8-14(9-7-13)10-11-2-4-12-5-3-11/h11-12H,2-10H2,1H3. The van der Waals surface area contributed by atoms with Gasteiger partial charge in [0.1, 0.15) is 0 Å². The van der Waals surface area contributed by atoms with Crippen molar-refractivity contribution in [3.8, 4) is 0 Å². The molecule has 0 aromatic heterocycles. The van der Waals surface area contributed by atoms with E-state index >= 15 is 0 Å². The molecule has 0 aliphatic carbocycles. The van der Waals surface area contributed by atoms with Crippen molar-refractivity contribution in [2.45, 2.75) is 12.8 Å². The summed E-state index contributed by atoms with van der Waals surface area (Å²) in [6.45, 7) is 8.88. The van der Waals surface area contributed by atoms with E-state index in [1.54, 1.807) is 0 Å². The van der Waals surface area contributed by atoms with E-state index in [0.29, 0.717) is 0 Å². The van der Waals surface area contributed by atoms with Gasteiger partial charge in [-0.05, 0) is 38.9 Å². The third-order valence-corrected chi connectivity index (χ3v) is 3.57. The number of likely N-dealkylation sites (N-methyl/N-ethyl adjacent to an activating group) is 1. The number of nitrogens with one attached hydrogen (secondary N) is 1. The van der Waals surface area contributed by atoms with Crippen LogP contribution >= 0.6 is 0 Å². The van der Waals surface area contributed by atoms with Crippen molar-refractivity contribution < 1.29 is 0 Å². The second kappa shape index (κ2) is 5.10. The van der Waals surface area contributed by atoms with Crippen LogP contribution in [0.1, 0.15) is 12.8 Å². The highest BCUT2D eigenvalue weighted by Gasteiger charge is 2.19. The van der Waals surface area contributed by atoms with Crippen LogP contribution in [0.2, 0.25) is 0 Å². The van der Waals surface area contributed by atoms with Crippen LogP contribution in [0.15, 0.2) is 0 Å². The zero-order valence-electron chi connectivity index (χ0n) is 9.34. The van der Waals surface area contributed by atoms with E-state index in [1.807, 2.05) is 0 Å². The fourth-order valence-electron chi connectivity index (χ4n) is 2.46. The lowest BCUT2D eigenvalue weighted by atomic mass is 9.97. The highest BCUT2D eigenvalue weighted by atomic mass is 15.2. The molecule has 2 saturated heterocycles. The Bertz CT molecular complexity index is 158. The van der Waals surface area contributed by atoms with Crippen LogP contribution in [0.25, 0.3) is 0 Å². The predicted molar refractivity (Wildman–Crippen MR) is 59.5 cm³/mol. The van der Waals surface area contributed by atoms with Crippen molar-refractivity contribution in [3.63, 3.8) is 0 Å². The molecule has 0 aromatic carbocycles. The van der Waals surface area contributed by atoms with E-state index in [9.17, 15) is 0 Å². The Kier molecular flexibility index (Phi) is 3.79. The van der Waals surface area contributed by atoms with Gasteiger partial charge in [-0.25, -0.2) is 0 Å². The SMILES string of the molecule is CN1CCN(CC2CCNCC2)CC1. The summed E-state index contributed by atoms with van der Waals surface area (Å²) in [5.74, 6) is 0.958. The number of nitrogens with zero attached hydrogens (tertiary/aromatic N) is 2. The van der Waals surface area contributed by atoms with Crippen molar-refractivity contribution >= 4 is 0 Å². The number of hydrogen-bond acceptors (Lipinski definition) is 3. The number of piperidine rings is 1. The average molecular weight is 197 g/mol. The van der Waals surface area contributed by atoms with Gasteiger partial charge in [0.15, 0.2) is 0 Å². The van der Waals surface area contributed by atoms with Gasteiger partial charge in [-0.15, -0.1) is 0 Å². The summed E-state index contributed by atoms with van der Waals surface area (Å²) in [6, 6.07) is 0. The molecule has 0 aromatic rings. The summed E-state index contributed by atoms with van der Waals surface area (Å²) < 4.78 is 0. The van der Waals surface area contributed by atoms with Gasteiger partial charge in [-0.1, -0.05) is 0 Å². The summed E-state index contributed by atoms with van der Waals surface area (Å²) >= 11 is 0. The van der Waals surface area contributed by atoms with Crippen molar-refractivity contribution in [2.75, 3.05) is 52.9 Å². The van der Waals surface area contributed by atoms with Crippen LogP contribution in [0, 0.1) is 5.92 Å². The topological polar surface area (TPSA) is 18.5 Å². The number of piperazine rings is 1. The van der Waals surface area contributed by atoms with Gasteiger partial charge in [0.05, 0.1) is 0 Å². The Hall–Kier alpha value is -0.120. The smallest absolute Gasteiger partial charge is 0.0110 e. The van der Waals surface area contributed by atoms with Gasteiger partial charge in [0.25, 0.3) is 0 Å². The van der Waals surface area contributed by atoms with Gasteiger partial charge in [-0.2, -0.15) is 0 Å². The van der Waals surface area contributed by atoms with Crippen molar-refractivity contribution in [1.29, 1.82) is 0 Å². The molecule has 0 radical (unpaired) electrons. The third kappa shape index (κ3) is 2.94. The molecule has 2 rings (SSSR count).